The largest absolute Gasteiger partial charge is 0.495 e. The molecule has 0 spiro atoms. The molecule has 34 heavy (non-hydrogen) atoms. The quantitative estimate of drug-likeness (QED) is 0.456. The zero-order chi connectivity index (χ0) is 23.8. The first-order chi connectivity index (χ1) is 16.5. The second kappa shape index (κ2) is 9.00. The van der Waals surface area contributed by atoms with Gasteiger partial charge in [0, 0.05) is 57.7 Å². The number of amides is 1. The SMILES string of the molecule is CNC(=O)c1cc(Cl)c(N2CCN(Cc3cnc4c(c3)[nH]c(=O)n3cccc43)CC2)c(OC)c1. The summed E-state index contributed by atoms with van der Waals surface area (Å²) >= 11 is 6.56. The van der Waals surface area contributed by atoms with Crippen molar-refractivity contribution in [3.8, 4) is 5.75 Å². The van der Waals surface area contributed by atoms with Crippen LogP contribution in [0.25, 0.3) is 16.6 Å². The number of pyridine rings is 1. The molecule has 0 radical (unpaired) electrons. The topological polar surface area (TPSA) is 95.0 Å². The van der Waals surface area contributed by atoms with Gasteiger partial charge in [-0.2, -0.15) is 0 Å². The number of nitrogens with zero attached hydrogens (tertiary/aromatic N) is 4. The maximum absolute atomic E-state index is 12.3. The summed E-state index contributed by atoms with van der Waals surface area (Å²) in [6.45, 7) is 3.90. The van der Waals surface area contributed by atoms with Gasteiger partial charge in [0.05, 0.1) is 28.9 Å². The second-order valence-electron chi connectivity index (χ2n) is 8.28. The first-order valence-corrected chi connectivity index (χ1v) is 11.4. The van der Waals surface area contributed by atoms with Gasteiger partial charge in [0.2, 0.25) is 0 Å². The predicted octanol–water partition coefficient (Wildman–Crippen LogP) is 2.52. The minimum Gasteiger partial charge on any atom is -0.495 e. The smallest absolute Gasteiger partial charge is 0.330 e. The van der Waals surface area contributed by atoms with Crippen LogP contribution in [0.3, 0.4) is 0 Å². The summed E-state index contributed by atoms with van der Waals surface area (Å²) in [6, 6.07) is 9.13. The lowest BCUT2D eigenvalue weighted by Crippen LogP contribution is -2.46. The van der Waals surface area contributed by atoms with Gasteiger partial charge in [-0.25, -0.2) is 4.79 Å². The normalized spacial score (nSPS) is 14.6. The van der Waals surface area contributed by atoms with Crippen LogP contribution < -0.4 is 20.6 Å². The van der Waals surface area contributed by atoms with Crippen LogP contribution in [0.1, 0.15) is 15.9 Å². The summed E-state index contributed by atoms with van der Waals surface area (Å²) in [4.78, 5) is 36.4. The predicted molar refractivity (Wildman–Crippen MR) is 132 cm³/mol. The molecule has 1 aliphatic rings. The summed E-state index contributed by atoms with van der Waals surface area (Å²) in [7, 11) is 3.16. The summed E-state index contributed by atoms with van der Waals surface area (Å²) in [5.41, 5.74) is 4.45. The Kier molecular flexibility index (Phi) is 5.89. The Balaban J connectivity index is 1.31. The molecule has 3 aromatic heterocycles. The van der Waals surface area contributed by atoms with E-state index in [0.29, 0.717) is 16.3 Å². The van der Waals surface area contributed by atoms with E-state index < -0.39 is 0 Å². The van der Waals surface area contributed by atoms with E-state index in [1.165, 1.54) is 0 Å². The number of carbonyl (C=O) groups is 1. The van der Waals surface area contributed by atoms with Crippen LogP contribution >= 0.6 is 11.6 Å². The molecule has 1 aliphatic heterocycles. The first kappa shape index (κ1) is 22.2. The number of ether oxygens (including phenoxy) is 1. The van der Waals surface area contributed by atoms with Crippen LogP contribution in [-0.4, -0.2) is 65.5 Å². The molecule has 0 bridgehead atoms. The summed E-state index contributed by atoms with van der Waals surface area (Å²) in [6.07, 6.45) is 3.60. The van der Waals surface area contributed by atoms with E-state index in [9.17, 15) is 9.59 Å². The molecule has 4 heterocycles. The Morgan fingerprint density at radius 2 is 2.03 bits per heavy atom. The fraction of sp³-hybridized carbons (Fsp3) is 0.292. The number of anilines is 1. The van der Waals surface area contributed by atoms with Crippen molar-refractivity contribution >= 4 is 39.7 Å². The molecule has 9 nitrogen and oxygen atoms in total. The fourth-order valence-electron chi connectivity index (χ4n) is 4.52. The Morgan fingerprint density at radius 3 is 2.76 bits per heavy atom. The summed E-state index contributed by atoms with van der Waals surface area (Å²) < 4.78 is 7.12. The van der Waals surface area contributed by atoms with Gasteiger partial charge in [-0.05, 0) is 35.9 Å². The monoisotopic (exact) mass is 480 g/mol. The van der Waals surface area contributed by atoms with Crippen molar-refractivity contribution in [1.29, 1.82) is 0 Å². The Hall–Kier alpha value is -3.56. The molecule has 1 fully saturated rings. The van der Waals surface area contributed by atoms with Crippen molar-refractivity contribution in [2.75, 3.05) is 45.2 Å². The molecule has 0 aliphatic carbocycles. The number of piperazine rings is 1. The maximum Gasteiger partial charge on any atom is 0.330 e. The number of hydrogen-bond donors (Lipinski definition) is 2. The molecule has 0 unspecified atom stereocenters. The molecular weight excluding hydrogens is 456 g/mol. The third kappa shape index (κ3) is 3.97. The molecule has 176 valence electrons. The highest BCUT2D eigenvalue weighted by Crippen LogP contribution is 2.37. The molecule has 10 heteroatoms. The molecule has 1 amide bonds. The molecule has 2 N–H and O–H groups in total. The van der Waals surface area contributed by atoms with Crippen LogP contribution in [0.5, 0.6) is 5.75 Å². The standard InChI is InChI=1S/C24H25ClN6O3/c1-26-23(32)16-11-17(25)22(20(12-16)34-2)30-8-6-29(7-9-30)14-15-10-18-21(27-13-15)19-4-3-5-31(19)24(33)28-18/h3-5,10-13H,6-9,14H2,1-2H3,(H,26,32)(H,28,33). The number of hydrogen-bond acceptors (Lipinski definition) is 6. The number of aromatic nitrogens is 3. The van der Waals surface area contributed by atoms with Crippen LogP contribution in [-0.2, 0) is 6.54 Å². The maximum atomic E-state index is 12.3. The van der Waals surface area contributed by atoms with Gasteiger partial charge in [-0.15, -0.1) is 0 Å². The van der Waals surface area contributed by atoms with E-state index in [-0.39, 0.29) is 11.6 Å². The van der Waals surface area contributed by atoms with E-state index in [0.717, 1.165) is 60.5 Å². The highest BCUT2D eigenvalue weighted by Gasteiger charge is 2.24. The number of benzene rings is 1. The lowest BCUT2D eigenvalue weighted by molar-refractivity contribution is 0.0962. The van der Waals surface area contributed by atoms with E-state index >= 15 is 0 Å². The number of nitrogens with one attached hydrogen (secondary N) is 2. The van der Waals surface area contributed by atoms with Crippen LogP contribution in [0.2, 0.25) is 5.02 Å². The Labute approximate surface area is 200 Å². The number of methoxy groups -OCH3 is 1. The molecule has 1 saturated heterocycles. The van der Waals surface area contributed by atoms with Gasteiger partial charge in [0.1, 0.15) is 11.3 Å². The third-order valence-corrected chi connectivity index (χ3v) is 6.52. The average molecular weight is 481 g/mol. The molecular formula is C24H25ClN6O3. The van der Waals surface area contributed by atoms with Gasteiger partial charge in [0.15, 0.2) is 0 Å². The molecule has 0 atom stereocenters. The number of halogens is 1. The Bertz CT molecular complexity index is 1440. The zero-order valence-electron chi connectivity index (χ0n) is 19.0. The van der Waals surface area contributed by atoms with E-state index in [1.807, 2.05) is 24.4 Å². The lowest BCUT2D eigenvalue weighted by Gasteiger charge is -2.37. The second-order valence-corrected chi connectivity index (χ2v) is 8.69. The van der Waals surface area contributed by atoms with E-state index in [2.05, 4.69) is 25.1 Å². The van der Waals surface area contributed by atoms with Crippen molar-refractivity contribution in [3.63, 3.8) is 0 Å². The van der Waals surface area contributed by atoms with Gasteiger partial charge < -0.3 is 19.9 Å². The minimum atomic E-state index is -0.209. The fourth-order valence-corrected chi connectivity index (χ4v) is 4.85. The number of carbonyl (C=O) groups excluding carboxylic acids is 1. The zero-order valence-corrected chi connectivity index (χ0v) is 19.7. The highest BCUT2D eigenvalue weighted by atomic mass is 35.5. The Morgan fingerprint density at radius 1 is 1.24 bits per heavy atom. The van der Waals surface area contributed by atoms with Gasteiger partial charge in [-0.3, -0.25) is 19.1 Å². The summed E-state index contributed by atoms with van der Waals surface area (Å²) in [5, 5.41) is 3.10. The van der Waals surface area contributed by atoms with Crippen molar-refractivity contribution in [2.45, 2.75) is 6.54 Å². The van der Waals surface area contributed by atoms with Crippen LogP contribution in [0, 0.1) is 0 Å². The minimum absolute atomic E-state index is 0.173. The van der Waals surface area contributed by atoms with Crippen LogP contribution in [0.15, 0.2) is 47.5 Å². The van der Waals surface area contributed by atoms with Crippen LogP contribution in [0.4, 0.5) is 5.69 Å². The molecule has 1 aromatic carbocycles. The summed E-state index contributed by atoms with van der Waals surface area (Å²) in [5.74, 6) is 0.374. The van der Waals surface area contributed by atoms with Crippen molar-refractivity contribution < 1.29 is 9.53 Å². The van der Waals surface area contributed by atoms with Gasteiger partial charge in [0.25, 0.3) is 5.91 Å². The molecule has 4 aromatic rings. The molecule has 0 saturated carbocycles. The van der Waals surface area contributed by atoms with E-state index in [4.69, 9.17) is 16.3 Å². The van der Waals surface area contributed by atoms with Crippen molar-refractivity contribution in [1.82, 2.24) is 24.6 Å². The van der Waals surface area contributed by atoms with E-state index in [1.54, 1.807) is 36.9 Å². The average Bonchev–Trinajstić information content (AvgIpc) is 3.34. The van der Waals surface area contributed by atoms with Crippen molar-refractivity contribution in [3.05, 3.63) is 69.4 Å². The first-order valence-electron chi connectivity index (χ1n) is 11.0. The number of fused-ring (bicyclic) bond motifs is 3. The van der Waals surface area contributed by atoms with Gasteiger partial charge in [-0.1, -0.05) is 11.6 Å². The number of H-pyrrole nitrogens is 1. The third-order valence-electron chi connectivity index (χ3n) is 6.23. The number of aromatic amines is 1. The lowest BCUT2D eigenvalue weighted by atomic mass is 10.1. The number of rotatable bonds is 5. The van der Waals surface area contributed by atoms with Gasteiger partial charge >= 0.3 is 5.69 Å². The molecule has 5 rings (SSSR count). The highest BCUT2D eigenvalue weighted by molar-refractivity contribution is 6.34. The van der Waals surface area contributed by atoms with Crippen molar-refractivity contribution in [2.24, 2.45) is 0 Å².